The van der Waals surface area contributed by atoms with Gasteiger partial charge < -0.3 is 5.32 Å². The van der Waals surface area contributed by atoms with E-state index in [-0.39, 0.29) is 15.4 Å². The molecule has 1 saturated heterocycles. The summed E-state index contributed by atoms with van der Waals surface area (Å²) in [5.74, 6) is -0.468. The van der Waals surface area contributed by atoms with E-state index in [9.17, 15) is 21.6 Å². The molecule has 0 unspecified atom stereocenters. The first-order valence-corrected chi connectivity index (χ1v) is 12.7. The van der Waals surface area contributed by atoms with Gasteiger partial charge in [0.25, 0.3) is 5.91 Å². The Labute approximate surface area is 171 Å². The lowest BCUT2D eigenvalue weighted by atomic mass is 10.2. The van der Waals surface area contributed by atoms with Gasteiger partial charge in [-0.15, -0.1) is 0 Å². The van der Waals surface area contributed by atoms with E-state index in [1.54, 1.807) is 12.1 Å². The molecule has 3 rings (SSSR count). The van der Waals surface area contributed by atoms with Crippen LogP contribution in [0.4, 0.5) is 5.69 Å². The molecule has 0 saturated carbocycles. The van der Waals surface area contributed by atoms with E-state index in [1.165, 1.54) is 40.7 Å². The summed E-state index contributed by atoms with van der Waals surface area (Å²) >= 11 is 0. The Morgan fingerprint density at radius 1 is 0.862 bits per heavy atom. The van der Waals surface area contributed by atoms with E-state index in [1.807, 2.05) is 0 Å². The molecule has 9 heteroatoms. The average Bonchev–Trinajstić information content (AvgIpc) is 2.98. The summed E-state index contributed by atoms with van der Waals surface area (Å²) < 4.78 is 50.4. The molecule has 1 N–H and O–H groups in total. The summed E-state index contributed by atoms with van der Waals surface area (Å²) in [7, 11) is -6.97. The Balaban J connectivity index is 1.79. The van der Waals surface area contributed by atoms with Gasteiger partial charge in [-0.1, -0.05) is 18.9 Å². The van der Waals surface area contributed by atoms with E-state index in [2.05, 4.69) is 5.32 Å². The molecule has 7 nitrogen and oxygen atoms in total. The fourth-order valence-electron chi connectivity index (χ4n) is 3.22. The lowest BCUT2D eigenvalue weighted by molar-refractivity contribution is 0.102. The Bertz CT molecular complexity index is 1090. The number of hydrogen-bond donors (Lipinski definition) is 1. The van der Waals surface area contributed by atoms with Gasteiger partial charge in [-0.2, -0.15) is 4.31 Å². The largest absolute Gasteiger partial charge is 0.322 e. The van der Waals surface area contributed by atoms with Crippen molar-refractivity contribution in [1.82, 2.24) is 4.31 Å². The fraction of sp³-hybridized carbons (Fsp3) is 0.350. The summed E-state index contributed by atoms with van der Waals surface area (Å²) in [6.07, 6.45) is 4.82. The van der Waals surface area contributed by atoms with Gasteiger partial charge >= 0.3 is 0 Å². The zero-order valence-corrected chi connectivity index (χ0v) is 17.8. The van der Waals surface area contributed by atoms with Gasteiger partial charge in [0.15, 0.2) is 9.84 Å². The Kier molecular flexibility index (Phi) is 6.40. The number of sulfone groups is 1. The summed E-state index contributed by atoms with van der Waals surface area (Å²) in [6, 6.07) is 11.8. The molecule has 1 heterocycles. The molecule has 0 aromatic heterocycles. The molecule has 1 fully saturated rings. The molecule has 2 aromatic carbocycles. The number of benzene rings is 2. The van der Waals surface area contributed by atoms with Gasteiger partial charge in [-0.05, 0) is 55.3 Å². The maximum absolute atomic E-state index is 12.9. The van der Waals surface area contributed by atoms with Crippen molar-refractivity contribution in [2.45, 2.75) is 35.5 Å². The molecule has 2 aromatic rings. The number of nitrogens with zero attached hydrogens (tertiary/aromatic N) is 1. The van der Waals surface area contributed by atoms with Crippen LogP contribution < -0.4 is 5.32 Å². The summed E-state index contributed by atoms with van der Waals surface area (Å²) in [5.41, 5.74) is 0.635. The second-order valence-corrected chi connectivity index (χ2v) is 11.1. The van der Waals surface area contributed by atoms with Crippen LogP contribution in [0.5, 0.6) is 0 Å². The predicted molar refractivity (Wildman–Crippen MR) is 111 cm³/mol. The highest BCUT2D eigenvalue weighted by atomic mass is 32.2. The van der Waals surface area contributed by atoms with Crippen LogP contribution in [-0.4, -0.2) is 46.4 Å². The van der Waals surface area contributed by atoms with Crippen molar-refractivity contribution in [1.29, 1.82) is 0 Å². The van der Waals surface area contributed by atoms with Crippen LogP contribution in [0.3, 0.4) is 0 Å². The molecule has 156 valence electrons. The number of anilines is 1. The zero-order chi connectivity index (χ0) is 21.1. The lowest BCUT2D eigenvalue weighted by Crippen LogP contribution is -2.32. The van der Waals surface area contributed by atoms with Crippen molar-refractivity contribution in [3.63, 3.8) is 0 Å². The number of hydrogen-bond acceptors (Lipinski definition) is 5. The minimum absolute atomic E-state index is 0.0967. The molecule has 29 heavy (non-hydrogen) atoms. The summed E-state index contributed by atoms with van der Waals surface area (Å²) in [4.78, 5) is 12.8. The molecule has 0 spiro atoms. The first-order valence-electron chi connectivity index (χ1n) is 9.40. The first-order chi connectivity index (χ1) is 13.7. The van der Waals surface area contributed by atoms with Gasteiger partial charge in [0, 0.05) is 30.6 Å². The molecule has 1 aliphatic rings. The highest BCUT2D eigenvalue weighted by Gasteiger charge is 2.25. The van der Waals surface area contributed by atoms with Crippen molar-refractivity contribution >= 4 is 31.5 Å². The van der Waals surface area contributed by atoms with Crippen LogP contribution in [0.25, 0.3) is 0 Å². The normalized spacial score (nSPS) is 16.2. The Morgan fingerprint density at radius 3 is 2.07 bits per heavy atom. The second kappa shape index (κ2) is 8.64. The summed E-state index contributed by atoms with van der Waals surface area (Å²) in [6.45, 7) is 0.983. The van der Waals surface area contributed by atoms with Crippen molar-refractivity contribution in [2.24, 2.45) is 0 Å². The first kappa shape index (κ1) is 21.5. The number of amides is 1. The van der Waals surface area contributed by atoms with E-state index in [4.69, 9.17) is 0 Å². The van der Waals surface area contributed by atoms with Crippen molar-refractivity contribution in [3.8, 4) is 0 Å². The maximum Gasteiger partial charge on any atom is 0.255 e. The van der Waals surface area contributed by atoms with Crippen molar-refractivity contribution in [2.75, 3.05) is 24.7 Å². The van der Waals surface area contributed by atoms with Gasteiger partial charge in [-0.3, -0.25) is 4.79 Å². The highest BCUT2D eigenvalue weighted by molar-refractivity contribution is 7.90. The average molecular weight is 437 g/mol. The standard InChI is InChI=1S/C20H24N2O5S2/c1-28(24,25)18-11-9-17(10-12-18)21-20(23)16-7-6-8-19(15-16)29(26,27)22-13-4-2-3-5-14-22/h6-12,15H,2-5,13-14H2,1H3,(H,21,23). The summed E-state index contributed by atoms with van der Waals surface area (Å²) in [5, 5.41) is 2.66. The van der Waals surface area contributed by atoms with Crippen molar-refractivity contribution < 1.29 is 21.6 Å². The van der Waals surface area contributed by atoms with Gasteiger partial charge in [0.05, 0.1) is 9.79 Å². The molecule has 0 bridgehead atoms. The topological polar surface area (TPSA) is 101 Å². The van der Waals surface area contributed by atoms with Crippen LogP contribution in [0.2, 0.25) is 0 Å². The monoisotopic (exact) mass is 436 g/mol. The third-order valence-corrected chi connectivity index (χ3v) is 7.86. The second-order valence-electron chi connectivity index (χ2n) is 7.10. The number of nitrogens with one attached hydrogen (secondary N) is 1. The van der Waals surface area contributed by atoms with Gasteiger partial charge in [0.2, 0.25) is 10.0 Å². The number of rotatable bonds is 5. The molecular weight excluding hydrogens is 412 g/mol. The minimum atomic E-state index is -3.65. The predicted octanol–water partition coefficient (Wildman–Crippen LogP) is 2.91. The van der Waals surface area contributed by atoms with Gasteiger partial charge in [0.1, 0.15) is 0 Å². The molecule has 0 radical (unpaired) electrons. The third-order valence-electron chi connectivity index (χ3n) is 4.84. The van der Waals surface area contributed by atoms with E-state index < -0.39 is 25.8 Å². The third kappa shape index (κ3) is 5.23. The molecular formula is C20H24N2O5S2. The highest BCUT2D eigenvalue weighted by Crippen LogP contribution is 2.22. The number of sulfonamides is 1. The van der Waals surface area contributed by atoms with Crippen LogP contribution >= 0.6 is 0 Å². The minimum Gasteiger partial charge on any atom is -0.322 e. The van der Waals surface area contributed by atoms with Crippen LogP contribution in [0.1, 0.15) is 36.0 Å². The molecule has 1 amide bonds. The number of carbonyl (C=O) groups excluding carboxylic acids is 1. The maximum atomic E-state index is 12.9. The van der Waals surface area contributed by atoms with Crippen LogP contribution in [0.15, 0.2) is 58.3 Å². The molecule has 0 aliphatic carbocycles. The SMILES string of the molecule is CS(=O)(=O)c1ccc(NC(=O)c2cccc(S(=O)(=O)N3CCCCCC3)c2)cc1. The smallest absolute Gasteiger partial charge is 0.255 e. The van der Waals surface area contributed by atoms with Crippen LogP contribution in [-0.2, 0) is 19.9 Å². The van der Waals surface area contributed by atoms with Crippen LogP contribution in [0, 0.1) is 0 Å². The number of carbonyl (C=O) groups is 1. The Hall–Kier alpha value is -2.23. The lowest BCUT2D eigenvalue weighted by Gasteiger charge is -2.20. The molecule has 1 aliphatic heterocycles. The van der Waals surface area contributed by atoms with E-state index in [0.717, 1.165) is 31.9 Å². The van der Waals surface area contributed by atoms with E-state index >= 15 is 0 Å². The fourth-order valence-corrected chi connectivity index (χ4v) is 5.41. The Morgan fingerprint density at radius 2 is 1.48 bits per heavy atom. The zero-order valence-electron chi connectivity index (χ0n) is 16.2. The van der Waals surface area contributed by atoms with Crippen molar-refractivity contribution in [3.05, 3.63) is 54.1 Å². The molecule has 0 atom stereocenters. The van der Waals surface area contributed by atoms with E-state index in [0.29, 0.717) is 18.8 Å². The quantitative estimate of drug-likeness (QED) is 0.777. The van der Waals surface area contributed by atoms with Gasteiger partial charge in [-0.25, -0.2) is 16.8 Å².